The van der Waals surface area contributed by atoms with Gasteiger partial charge in [0.15, 0.2) is 0 Å². The second kappa shape index (κ2) is 3.36. The zero-order valence-electron chi connectivity index (χ0n) is 7.64. The highest BCUT2D eigenvalue weighted by Gasteiger charge is 2.43. The van der Waals surface area contributed by atoms with E-state index < -0.39 is 0 Å². The number of hydrogen-bond donors (Lipinski definition) is 1. The molecule has 0 unspecified atom stereocenters. The highest BCUT2D eigenvalue weighted by molar-refractivity contribution is 6.45. The van der Waals surface area contributed by atoms with Gasteiger partial charge in [0.25, 0.3) is 0 Å². The summed E-state index contributed by atoms with van der Waals surface area (Å²) < 4.78 is 11.1. The molecule has 0 aromatic carbocycles. The molecule has 4 heteroatoms. The molecule has 2 rings (SSSR count). The summed E-state index contributed by atoms with van der Waals surface area (Å²) in [7, 11) is 1.79. The van der Waals surface area contributed by atoms with Crippen molar-refractivity contribution >= 4 is 7.12 Å². The van der Waals surface area contributed by atoms with Crippen LogP contribution in [0.2, 0.25) is 6.32 Å². The van der Waals surface area contributed by atoms with E-state index in [1.165, 1.54) is 6.42 Å². The first-order chi connectivity index (χ1) is 5.85. The summed E-state index contributed by atoms with van der Waals surface area (Å²) in [6.07, 6.45) is 4.53. The van der Waals surface area contributed by atoms with Gasteiger partial charge < -0.3 is 14.6 Å². The van der Waals surface area contributed by atoms with Crippen molar-refractivity contribution < 1.29 is 9.31 Å². The molecule has 2 aliphatic rings. The first-order valence-electron chi connectivity index (χ1n) is 4.76. The molecule has 0 aromatic heterocycles. The molecule has 2 aliphatic heterocycles. The van der Waals surface area contributed by atoms with Gasteiger partial charge in [0.05, 0.1) is 5.60 Å². The molecule has 0 aliphatic carbocycles. The Bertz CT molecular complexity index is 159. The molecule has 0 amide bonds. The van der Waals surface area contributed by atoms with E-state index in [1.54, 1.807) is 7.11 Å². The molecule has 0 atom stereocenters. The van der Waals surface area contributed by atoms with Gasteiger partial charge in [0.2, 0.25) is 0 Å². The van der Waals surface area contributed by atoms with Crippen molar-refractivity contribution in [3.63, 3.8) is 0 Å². The predicted molar refractivity (Wildman–Crippen MR) is 48.1 cm³/mol. The van der Waals surface area contributed by atoms with Crippen molar-refractivity contribution in [1.29, 1.82) is 0 Å². The zero-order chi connectivity index (χ0) is 8.44. The second-order valence-corrected chi connectivity index (χ2v) is 3.75. The first-order valence-corrected chi connectivity index (χ1v) is 4.76. The van der Waals surface area contributed by atoms with Crippen LogP contribution < -0.4 is 5.32 Å². The lowest BCUT2D eigenvalue weighted by atomic mass is 9.83. The standard InChI is InChI=1S/C8H16BNO2/c1-11-9-5-2-8(12-9)3-6-10-7-4-8/h10H,2-7H2,1H3. The summed E-state index contributed by atoms with van der Waals surface area (Å²) in [5.74, 6) is 0. The van der Waals surface area contributed by atoms with Gasteiger partial charge in [-0.2, -0.15) is 0 Å². The topological polar surface area (TPSA) is 30.5 Å². The second-order valence-electron chi connectivity index (χ2n) is 3.75. The highest BCUT2D eigenvalue weighted by Crippen LogP contribution is 2.36. The van der Waals surface area contributed by atoms with Crippen LogP contribution in [-0.4, -0.2) is 32.9 Å². The van der Waals surface area contributed by atoms with Gasteiger partial charge in [-0.25, -0.2) is 0 Å². The Balaban J connectivity index is 1.94. The van der Waals surface area contributed by atoms with Crippen molar-refractivity contribution in [2.45, 2.75) is 31.2 Å². The molecule has 3 nitrogen and oxygen atoms in total. The third-order valence-corrected chi connectivity index (χ3v) is 2.99. The summed E-state index contributed by atoms with van der Waals surface area (Å²) >= 11 is 0. The Morgan fingerprint density at radius 2 is 2.08 bits per heavy atom. The van der Waals surface area contributed by atoms with E-state index in [0.717, 1.165) is 32.3 Å². The smallest absolute Gasteiger partial charge is 0.414 e. The average molecular weight is 169 g/mol. The Morgan fingerprint density at radius 1 is 1.33 bits per heavy atom. The lowest BCUT2D eigenvalue weighted by Gasteiger charge is -2.34. The SMILES string of the molecule is COB1CCC2(CCNCC2)O1. The van der Waals surface area contributed by atoms with Crippen LogP contribution in [0.3, 0.4) is 0 Å². The third kappa shape index (κ3) is 1.51. The van der Waals surface area contributed by atoms with Gasteiger partial charge in [-0.3, -0.25) is 0 Å². The van der Waals surface area contributed by atoms with E-state index in [4.69, 9.17) is 9.31 Å². The molecule has 0 aromatic rings. The summed E-state index contributed by atoms with van der Waals surface area (Å²) in [6.45, 7) is 2.19. The van der Waals surface area contributed by atoms with Crippen molar-refractivity contribution in [3.05, 3.63) is 0 Å². The van der Waals surface area contributed by atoms with Gasteiger partial charge in [-0.15, -0.1) is 0 Å². The van der Waals surface area contributed by atoms with Crippen LogP contribution in [0.5, 0.6) is 0 Å². The number of nitrogens with one attached hydrogen (secondary N) is 1. The number of rotatable bonds is 1. The van der Waals surface area contributed by atoms with Crippen LogP contribution in [0, 0.1) is 0 Å². The molecule has 12 heavy (non-hydrogen) atoms. The van der Waals surface area contributed by atoms with Crippen LogP contribution >= 0.6 is 0 Å². The minimum absolute atomic E-state index is 0.0584. The Labute approximate surface area is 74.0 Å². The molecule has 68 valence electrons. The van der Waals surface area contributed by atoms with Crippen molar-refractivity contribution in [1.82, 2.24) is 5.32 Å². The summed E-state index contributed by atoms with van der Waals surface area (Å²) in [5.41, 5.74) is 0.159. The van der Waals surface area contributed by atoms with Crippen molar-refractivity contribution in [2.24, 2.45) is 0 Å². The third-order valence-electron chi connectivity index (χ3n) is 2.99. The van der Waals surface area contributed by atoms with E-state index in [0.29, 0.717) is 0 Å². The van der Waals surface area contributed by atoms with Crippen molar-refractivity contribution in [2.75, 3.05) is 20.2 Å². The van der Waals surface area contributed by atoms with Gasteiger partial charge in [0, 0.05) is 7.11 Å². The molecular formula is C8H16BNO2. The zero-order valence-corrected chi connectivity index (χ0v) is 7.64. The quantitative estimate of drug-likeness (QED) is 0.585. The Kier molecular flexibility index (Phi) is 2.39. The van der Waals surface area contributed by atoms with Gasteiger partial charge >= 0.3 is 7.12 Å². The van der Waals surface area contributed by atoms with E-state index in [2.05, 4.69) is 5.32 Å². The maximum Gasteiger partial charge on any atom is 0.457 e. The normalized spacial score (nSPS) is 28.2. The fraction of sp³-hybridized carbons (Fsp3) is 1.00. The van der Waals surface area contributed by atoms with Crippen LogP contribution in [0.15, 0.2) is 0 Å². The summed E-state index contributed by atoms with van der Waals surface area (Å²) in [6, 6.07) is 0. The van der Waals surface area contributed by atoms with Gasteiger partial charge in [-0.1, -0.05) is 0 Å². The van der Waals surface area contributed by atoms with E-state index in [1.807, 2.05) is 0 Å². The lowest BCUT2D eigenvalue weighted by molar-refractivity contribution is 0.0386. The van der Waals surface area contributed by atoms with Crippen molar-refractivity contribution in [3.8, 4) is 0 Å². The van der Waals surface area contributed by atoms with Crippen LogP contribution in [0.1, 0.15) is 19.3 Å². The maximum atomic E-state index is 5.88. The molecule has 2 heterocycles. The van der Waals surface area contributed by atoms with E-state index in [-0.39, 0.29) is 12.7 Å². The minimum atomic E-state index is 0.0584. The first kappa shape index (κ1) is 8.54. The van der Waals surface area contributed by atoms with E-state index in [9.17, 15) is 0 Å². The minimum Gasteiger partial charge on any atom is -0.414 e. The fourth-order valence-corrected chi connectivity index (χ4v) is 2.19. The molecule has 2 saturated heterocycles. The largest absolute Gasteiger partial charge is 0.457 e. The molecule has 1 spiro atoms. The molecule has 1 N–H and O–H groups in total. The monoisotopic (exact) mass is 169 g/mol. The van der Waals surface area contributed by atoms with Crippen LogP contribution in [0.4, 0.5) is 0 Å². The molecular weight excluding hydrogens is 153 g/mol. The predicted octanol–water partition coefficient (Wildman–Crippen LogP) is 0.663. The van der Waals surface area contributed by atoms with Crippen LogP contribution in [-0.2, 0) is 9.31 Å². The lowest BCUT2D eigenvalue weighted by Crippen LogP contribution is -2.42. The molecule has 0 saturated carbocycles. The number of piperidine rings is 1. The maximum absolute atomic E-state index is 5.88. The van der Waals surface area contributed by atoms with Gasteiger partial charge in [-0.05, 0) is 38.7 Å². The number of hydrogen-bond acceptors (Lipinski definition) is 3. The van der Waals surface area contributed by atoms with Gasteiger partial charge in [0.1, 0.15) is 0 Å². The highest BCUT2D eigenvalue weighted by atomic mass is 16.6. The Morgan fingerprint density at radius 3 is 2.67 bits per heavy atom. The summed E-state index contributed by atoms with van der Waals surface area (Å²) in [5, 5.41) is 3.35. The summed E-state index contributed by atoms with van der Waals surface area (Å²) in [4.78, 5) is 0. The molecule has 0 radical (unpaired) electrons. The molecule has 0 bridgehead atoms. The Hall–Kier alpha value is -0.0551. The van der Waals surface area contributed by atoms with Crippen LogP contribution in [0.25, 0.3) is 0 Å². The van der Waals surface area contributed by atoms with E-state index >= 15 is 0 Å². The average Bonchev–Trinajstić information content (AvgIpc) is 2.50. The molecule has 2 fully saturated rings. The fourth-order valence-electron chi connectivity index (χ4n) is 2.19.